The van der Waals surface area contributed by atoms with Crippen LogP contribution in [0.4, 0.5) is 0 Å². The Morgan fingerprint density at radius 1 is 1.89 bits per heavy atom. The van der Waals surface area contributed by atoms with E-state index >= 15 is 0 Å². The molecule has 1 N–H and O–H groups in total. The van der Waals surface area contributed by atoms with Crippen molar-refractivity contribution < 1.29 is 0 Å². The number of thiocarbonyl (C=S) groups is 1. The SMILES string of the molecule is N#CC[C@@H]1CCC(=S)N1. The molecule has 0 saturated carbocycles. The summed E-state index contributed by atoms with van der Waals surface area (Å²) in [6.07, 6.45) is 2.58. The first kappa shape index (κ1) is 6.50. The average molecular weight is 140 g/mol. The summed E-state index contributed by atoms with van der Waals surface area (Å²) in [7, 11) is 0. The summed E-state index contributed by atoms with van der Waals surface area (Å²) in [5.74, 6) is 0. The molecule has 0 aromatic carbocycles. The molecular formula is C6H8N2S. The van der Waals surface area contributed by atoms with Gasteiger partial charge in [-0.25, -0.2) is 0 Å². The number of hydrogen-bond acceptors (Lipinski definition) is 2. The van der Waals surface area contributed by atoms with Gasteiger partial charge in [0.1, 0.15) is 0 Å². The normalized spacial score (nSPS) is 25.2. The molecule has 2 nitrogen and oxygen atoms in total. The van der Waals surface area contributed by atoms with Crippen molar-refractivity contribution in [2.45, 2.75) is 25.3 Å². The lowest BCUT2D eigenvalue weighted by Crippen LogP contribution is -2.23. The van der Waals surface area contributed by atoms with Gasteiger partial charge in [-0.05, 0) is 12.8 Å². The van der Waals surface area contributed by atoms with Gasteiger partial charge in [-0.1, -0.05) is 12.2 Å². The molecule has 0 aromatic heterocycles. The Bertz CT molecular complexity index is 159. The summed E-state index contributed by atoms with van der Waals surface area (Å²) in [6.45, 7) is 0. The van der Waals surface area contributed by atoms with Gasteiger partial charge in [-0.15, -0.1) is 0 Å². The molecule has 0 aliphatic carbocycles. The highest BCUT2D eigenvalue weighted by molar-refractivity contribution is 7.80. The Kier molecular flexibility index (Phi) is 2.01. The van der Waals surface area contributed by atoms with Crippen LogP contribution in [0.15, 0.2) is 0 Å². The first-order chi connectivity index (χ1) is 4.33. The van der Waals surface area contributed by atoms with Crippen LogP contribution in [-0.4, -0.2) is 11.0 Å². The Hall–Kier alpha value is -0.620. The first-order valence-corrected chi connectivity index (χ1v) is 3.40. The minimum atomic E-state index is 0.336. The fraction of sp³-hybridized carbons (Fsp3) is 0.667. The average Bonchev–Trinajstić information content (AvgIpc) is 2.17. The predicted octanol–water partition coefficient (Wildman–Crippen LogP) is 0.979. The maximum Gasteiger partial charge on any atom is 0.0756 e. The van der Waals surface area contributed by atoms with Crippen LogP contribution in [0, 0.1) is 11.3 Å². The highest BCUT2D eigenvalue weighted by atomic mass is 32.1. The van der Waals surface area contributed by atoms with Gasteiger partial charge in [0.2, 0.25) is 0 Å². The van der Waals surface area contributed by atoms with E-state index in [4.69, 9.17) is 17.5 Å². The fourth-order valence-corrected chi connectivity index (χ4v) is 1.23. The van der Waals surface area contributed by atoms with E-state index in [-0.39, 0.29) is 0 Å². The van der Waals surface area contributed by atoms with E-state index in [1.165, 1.54) is 0 Å². The third-order valence-corrected chi connectivity index (χ3v) is 1.74. The van der Waals surface area contributed by atoms with Gasteiger partial charge in [0.15, 0.2) is 0 Å². The largest absolute Gasteiger partial charge is 0.376 e. The van der Waals surface area contributed by atoms with Crippen molar-refractivity contribution in [1.29, 1.82) is 5.26 Å². The molecule has 1 atom stereocenters. The van der Waals surface area contributed by atoms with Crippen LogP contribution < -0.4 is 5.32 Å². The molecule has 1 rings (SSSR count). The molecule has 48 valence electrons. The van der Waals surface area contributed by atoms with Crippen LogP contribution in [0.3, 0.4) is 0 Å². The zero-order chi connectivity index (χ0) is 6.69. The lowest BCUT2D eigenvalue weighted by Gasteiger charge is -2.02. The highest BCUT2D eigenvalue weighted by Gasteiger charge is 2.16. The van der Waals surface area contributed by atoms with E-state index in [0.717, 1.165) is 17.8 Å². The minimum absolute atomic E-state index is 0.336. The van der Waals surface area contributed by atoms with E-state index in [2.05, 4.69) is 11.4 Å². The van der Waals surface area contributed by atoms with Gasteiger partial charge < -0.3 is 5.32 Å². The van der Waals surface area contributed by atoms with Gasteiger partial charge in [-0.2, -0.15) is 5.26 Å². The molecule has 1 aliphatic heterocycles. The third-order valence-electron chi connectivity index (χ3n) is 1.42. The second-order valence-corrected chi connectivity index (χ2v) is 2.66. The van der Waals surface area contributed by atoms with Crippen molar-refractivity contribution in [3.8, 4) is 6.07 Å². The lowest BCUT2D eigenvalue weighted by molar-refractivity contribution is 0.644. The Labute approximate surface area is 59.9 Å². The monoisotopic (exact) mass is 140 g/mol. The van der Waals surface area contributed by atoms with Crippen LogP contribution in [0.1, 0.15) is 19.3 Å². The predicted molar refractivity (Wildman–Crippen MR) is 39.0 cm³/mol. The molecule has 3 heteroatoms. The molecule has 0 unspecified atom stereocenters. The van der Waals surface area contributed by atoms with Gasteiger partial charge in [-0.3, -0.25) is 0 Å². The van der Waals surface area contributed by atoms with Gasteiger partial charge in [0, 0.05) is 6.04 Å². The summed E-state index contributed by atoms with van der Waals surface area (Å²) in [5.41, 5.74) is 0. The molecule has 0 spiro atoms. The summed E-state index contributed by atoms with van der Waals surface area (Å²) in [6, 6.07) is 2.44. The van der Waals surface area contributed by atoms with E-state index < -0.39 is 0 Å². The summed E-state index contributed by atoms with van der Waals surface area (Å²) in [4.78, 5) is 0.912. The van der Waals surface area contributed by atoms with Crippen LogP contribution in [0.5, 0.6) is 0 Å². The zero-order valence-electron chi connectivity index (χ0n) is 5.05. The standard InChI is InChI=1S/C6H8N2S/c7-4-3-5-1-2-6(9)8-5/h5H,1-3H2,(H,8,9)/t5-/m0/s1. The lowest BCUT2D eigenvalue weighted by atomic mass is 10.2. The maximum absolute atomic E-state index is 8.28. The van der Waals surface area contributed by atoms with E-state index in [0.29, 0.717) is 12.5 Å². The van der Waals surface area contributed by atoms with Gasteiger partial charge in [0.05, 0.1) is 17.5 Å². The van der Waals surface area contributed by atoms with Crippen molar-refractivity contribution in [2.24, 2.45) is 0 Å². The van der Waals surface area contributed by atoms with Crippen molar-refractivity contribution in [2.75, 3.05) is 0 Å². The van der Waals surface area contributed by atoms with E-state index in [1.807, 2.05) is 0 Å². The molecule has 0 aromatic rings. The Morgan fingerprint density at radius 3 is 3.11 bits per heavy atom. The Balaban J connectivity index is 2.32. The number of rotatable bonds is 1. The molecule has 9 heavy (non-hydrogen) atoms. The molecule has 0 radical (unpaired) electrons. The van der Waals surface area contributed by atoms with Crippen molar-refractivity contribution >= 4 is 17.2 Å². The number of hydrogen-bond donors (Lipinski definition) is 1. The second-order valence-electron chi connectivity index (χ2n) is 2.17. The zero-order valence-corrected chi connectivity index (χ0v) is 5.87. The number of nitrogens with zero attached hydrogens (tertiary/aromatic N) is 1. The molecule has 0 amide bonds. The summed E-state index contributed by atoms with van der Waals surface area (Å²) in [5, 5.41) is 11.3. The van der Waals surface area contributed by atoms with Crippen LogP contribution in [-0.2, 0) is 0 Å². The summed E-state index contributed by atoms with van der Waals surface area (Å²) >= 11 is 4.89. The van der Waals surface area contributed by atoms with Crippen molar-refractivity contribution in [3.05, 3.63) is 0 Å². The molecule has 1 fully saturated rings. The first-order valence-electron chi connectivity index (χ1n) is 2.99. The number of nitriles is 1. The minimum Gasteiger partial charge on any atom is -0.376 e. The van der Waals surface area contributed by atoms with Crippen LogP contribution >= 0.6 is 12.2 Å². The molecule has 0 bridgehead atoms. The van der Waals surface area contributed by atoms with E-state index in [1.54, 1.807) is 0 Å². The third kappa shape index (κ3) is 1.65. The van der Waals surface area contributed by atoms with Gasteiger partial charge >= 0.3 is 0 Å². The maximum atomic E-state index is 8.28. The number of nitrogens with one attached hydrogen (secondary N) is 1. The smallest absolute Gasteiger partial charge is 0.0756 e. The van der Waals surface area contributed by atoms with Crippen molar-refractivity contribution in [1.82, 2.24) is 5.32 Å². The quantitative estimate of drug-likeness (QED) is 0.551. The topological polar surface area (TPSA) is 35.8 Å². The molecule has 1 heterocycles. The van der Waals surface area contributed by atoms with Crippen LogP contribution in [0.2, 0.25) is 0 Å². The van der Waals surface area contributed by atoms with E-state index in [9.17, 15) is 0 Å². The highest BCUT2D eigenvalue weighted by Crippen LogP contribution is 2.09. The summed E-state index contributed by atoms with van der Waals surface area (Å²) < 4.78 is 0. The Morgan fingerprint density at radius 2 is 2.67 bits per heavy atom. The fourth-order valence-electron chi connectivity index (χ4n) is 0.941. The molecular weight excluding hydrogens is 132 g/mol. The van der Waals surface area contributed by atoms with Crippen LogP contribution in [0.25, 0.3) is 0 Å². The molecule has 1 aliphatic rings. The molecule has 1 saturated heterocycles. The van der Waals surface area contributed by atoms with Crippen molar-refractivity contribution in [3.63, 3.8) is 0 Å². The van der Waals surface area contributed by atoms with Gasteiger partial charge in [0.25, 0.3) is 0 Å². The second kappa shape index (κ2) is 2.79.